The molecule has 2 N–H and O–H groups in total. The normalized spacial score (nSPS) is 26.3. The maximum Gasteiger partial charge on any atom is 0.244 e. The fourth-order valence-electron chi connectivity index (χ4n) is 1.72. The summed E-state index contributed by atoms with van der Waals surface area (Å²) < 4.78 is 25.4. The predicted octanol–water partition coefficient (Wildman–Crippen LogP) is 0.0661. The summed E-state index contributed by atoms with van der Waals surface area (Å²) in [5.41, 5.74) is 0. The number of hydrogen-bond donors (Lipinski definition) is 2. The van der Waals surface area contributed by atoms with Crippen molar-refractivity contribution in [2.24, 2.45) is 0 Å². The zero-order valence-corrected chi connectivity index (χ0v) is 10.4. The summed E-state index contributed by atoms with van der Waals surface area (Å²) in [5, 5.41) is 18.8. The molecule has 2 atom stereocenters. The van der Waals surface area contributed by atoms with E-state index in [-0.39, 0.29) is 23.0 Å². The number of nitrogens with zero attached hydrogens (tertiary/aromatic N) is 1. The highest BCUT2D eigenvalue weighted by atomic mass is 35.5. The lowest BCUT2D eigenvalue weighted by Crippen LogP contribution is -2.30. The van der Waals surface area contributed by atoms with Gasteiger partial charge in [0.25, 0.3) is 0 Å². The van der Waals surface area contributed by atoms with E-state index in [2.05, 4.69) is 0 Å². The number of aliphatic hydroxyl groups excluding tert-OH is 2. The van der Waals surface area contributed by atoms with Gasteiger partial charge in [-0.05, 0) is 12.1 Å². The zero-order valence-electron chi connectivity index (χ0n) is 8.82. The molecule has 0 amide bonds. The first-order valence-corrected chi connectivity index (χ1v) is 6.85. The van der Waals surface area contributed by atoms with Gasteiger partial charge in [0, 0.05) is 13.1 Å². The highest BCUT2D eigenvalue weighted by Gasteiger charge is 2.38. The van der Waals surface area contributed by atoms with Gasteiger partial charge in [0.1, 0.15) is 4.90 Å². The van der Waals surface area contributed by atoms with Gasteiger partial charge in [-0.2, -0.15) is 4.31 Å². The molecule has 0 spiro atoms. The number of benzene rings is 1. The Kier molecular flexibility index (Phi) is 3.42. The number of sulfonamides is 1. The van der Waals surface area contributed by atoms with Gasteiger partial charge in [-0.1, -0.05) is 23.7 Å². The SMILES string of the molecule is O=S(=O)(c1ccccc1Cl)N1CC(O)C(O)C1. The molecule has 0 aromatic heterocycles. The fraction of sp³-hybridized carbons (Fsp3) is 0.400. The van der Waals surface area contributed by atoms with Crippen LogP contribution in [0.4, 0.5) is 0 Å². The highest BCUT2D eigenvalue weighted by Crippen LogP contribution is 2.26. The van der Waals surface area contributed by atoms with Crippen LogP contribution < -0.4 is 0 Å². The van der Waals surface area contributed by atoms with Crippen LogP contribution in [0.15, 0.2) is 29.2 Å². The highest BCUT2D eigenvalue weighted by molar-refractivity contribution is 7.89. The van der Waals surface area contributed by atoms with Gasteiger partial charge in [0.2, 0.25) is 10.0 Å². The van der Waals surface area contributed by atoms with E-state index in [0.29, 0.717) is 0 Å². The Bertz CT molecular complexity index is 509. The second-order valence-electron chi connectivity index (χ2n) is 3.89. The first kappa shape index (κ1) is 12.8. The smallest absolute Gasteiger partial charge is 0.244 e. The van der Waals surface area contributed by atoms with E-state index in [1.54, 1.807) is 12.1 Å². The van der Waals surface area contributed by atoms with Crippen molar-refractivity contribution in [3.8, 4) is 0 Å². The van der Waals surface area contributed by atoms with Gasteiger partial charge in [0.05, 0.1) is 17.2 Å². The molecule has 1 fully saturated rings. The van der Waals surface area contributed by atoms with Crippen molar-refractivity contribution in [3.05, 3.63) is 29.3 Å². The van der Waals surface area contributed by atoms with Crippen LogP contribution in [0, 0.1) is 0 Å². The van der Waals surface area contributed by atoms with E-state index in [9.17, 15) is 18.6 Å². The molecule has 2 unspecified atom stereocenters. The first-order chi connectivity index (χ1) is 7.93. The molecular weight excluding hydrogens is 266 g/mol. The Morgan fingerprint density at radius 2 is 1.71 bits per heavy atom. The van der Waals surface area contributed by atoms with Crippen molar-refractivity contribution in [1.82, 2.24) is 4.31 Å². The van der Waals surface area contributed by atoms with Crippen LogP contribution in [0.25, 0.3) is 0 Å². The maximum atomic E-state index is 12.2. The minimum atomic E-state index is -3.75. The van der Waals surface area contributed by atoms with Gasteiger partial charge in [0.15, 0.2) is 0 Å². The first-order valence-electron chi connectivity index (χ1n) is 5.04. The summed E-state index contributed by atoms with van der Waals surface area (Å²) in [6, 6.07) is 6.09. The third-order valence-electron chi connectivity index (χ3n) is 2.68. The van der Waals surface area contributed by atoms with Crippen LogP contribution in [0.1, 0.15) is 0 Å². The minimum Gasteiger partial charge on any atom is -0.389 e. The molecule has 1 aromatic rings. The standard InChI is InChI=1S/C10H12ClNO4S/c11-7-3-1-2-4-10(7)17(15,16)12-5-8(13)9(14)6-12/h1-4,8-9,13-14H,5-6H2. The molecule has 0 bridgehead atoms. The third kappa shape index (κ3) is 2.31. The second-order valence-corrected chi connectivity index (χ2v) is 6.20. The van der Waals surface area contributed by atoms with Gasteiger partial charge >= 0.3 is 0 Å². The Balaban J connectivity index is 2.36. The lowest BCUT2D eigenvalue weighted by molar-refractivity contribution is 0.0572. The average Bonchev–Trinajstić information content (AvgIpc) is 2.60. The summed E-state index contributed by atoms with van der Waals surface area (Å²) in [6.07, 6.45) is -2.10. The largest absolute Gasteiger partial charge is 0.389 e. The molecular formula is C10H12ClNO4S. The molecule has 0 radical (unpaired) electrons. The molecule has 1 aromatic carbocycles. The lowest BCUT2D eigenvalue weighted by Gasteiger charge is -2.16. The van der Waals surface area contributed by atoms with Crippen molar-refractivity contribution in [3.63, 3.8) is 0 Å². The fourth-order valence-corrected chi connectivity index (χ4v) is 3.69. The Morgan fingerprint density at radius 1 is 1.18 bits per heavy atom. The lowest BCUT2D eigenvalue weighted by atomic mass is 10.3. The molecule has 1 saturated heterocycles. The summed E-state index contributed by atoms with van der Waals surface area (Å²) in [5.74, 6) is 0. The molecule has 1 aliphatic heterocycles. The Labute approximate surface area is 104 Å². The van der Waals surface area contributed by atoms with Crippen LogP contribution in [-0.2, 0) is 10.0 Å². The van der Waals surface area contributed by atoms with Crippen LogP contribution >= 0.6 is 11.6 Å². The van der Waals surface area contributed by atoms with Gasteiger partial charge < -0.3 is 10.2 Å². The maximum absolute atomic E-state index is 12.2. The third-order valence-corrected chi connectivity index (χ3v) is 5.01. The Morgan fingerprint density at radius 3 is 2.24 bits per heavy atom. The molecule has 94 valence electrons. The molecule has 1 aliphatic rings. The van der Waals surface area contributed by atoms with Crippen LogP contribution in [0.3, 0.4) is 0 Å². The number of halogens is 1. The zero-order chi connectivity index (χ0) is 12.6. The van der Waals surface area contributed by atoms with Crippen molar-refractivity contribution in [2.45, 2.75) is 17.1 Å². The average molecular weight is 278 g/mol. The van der Waals surface area contributed by atoms with E-state index in [0.717, 1.165) is 4.31 Å². The van der Waals surface area contributed by atoms with E-state index in [4.69, 9.17) is 11.6 Å². The number of aliphatic hydroxyl groups is 2. The van der Waals surface area contributed by atoms with E-state index in [1.807, 2.05) is 0 Å². The molecule has 17 heavy (non-hydrogen) atoms. The van der Waals surface area contributed by atoms with Gasteiger partial charge in [-0.15, -0.1) is 0 Å². The van der Waals surface area contributed by atoms with Gasteiger partial charge in [-0.25, -0.2) is 8.42 Å². The minimum absolute atomic E-state index is 0.0111. The molecule has 0 aliphatic carbocycles. The monoisotopic (exact) mass is 277 g/mol. The summed E-state index contributed by atoms with van der Waals surface area (Å²) in [4.78, 5) is -0.0111. The summed E-state index contributed by atoms with van der Waals surface area (Å²) >= 11 is 5.83. The van der Waals surface area contributed by atoms with Crippen LogP contribution in [-0.4, -0.2) is 48.2 Å². The van der Waals surface area contributed by atoms with Crippen LogP contribution in [0.5, 0.6) is 0 Å². The number of rotatable bonds is 2. The van der Waals surface area contributed by atoms with Crippen LogP contribution in [0.2, 0.25) is 5.02 Å². The Hall–Kier alpha value is -0.660. The van der Waals surface area contributed by atoms with Crippen molar-refractivity contribution < 1.29 is 18.6 Å². The number of hydrogen-bond acceptors (Lipinski definition) is 4. The van der Waals surface area contributed by atoms with E-state index < -0.39 is 22.2 Å². The van der Waals surface area contributed by atoms with Crippen molar-refractivity contribution >= 4 is 21.6 Å². The van der Waals surface area contributed by atoms with Crippen molar-refractivity contribution in [2.75, 3.05) is 13.1 Å². The molecule has 7 heteroatoms. The topological polar surface area (TPSA) is 77.8 Å². The second kappa shape index (κ2) is 4.55. The molecule has 1 heterocycles. The van der Waals surface area contributed by atoms with E-state index in [1.165, 1.54) is 12.1 Å². The predicted molar refractivity (Wildman–Crippen MR) is 62.2 cm³/mol. The molecule has 5 nitrogen and oxygen atoms in total. The molecule has 0 saturated carbocycles. The number of β-amino-alcohol motifs (C(OH)–C–C–N with tert-alkyl or cyclic N) is 2. The quantitative estimate of drug-likeness (QED) is 0.802. The van der Waals surface area contributed by atoms with Crippen molar-refractivity contribution in [1.29, 1.82) is 0 Å². The molecule has 2 rings (SSSR count). The van der Waals surface area contributed by atoms with Gasteiger partial charge in [-0.3, -0.25) is 0 Å². The summed E-state index contributed by atoms with van der Waals surface area (Å²) in [6.45, 7) is -0.233. The summed E-state index contributed by atoms with van der Waals surface area (Å²) in [7, 11) is -3.75. The van der Waals surface area contributed by atoms with E-state index >= 15 is 0 Å².